The number of thioether (sulfide) groups is 1. The van der Waals surface area contributed by atoms with E-state index in [0.29, 0.717) is 6.04 Å². The van der Waals surface area contributed by atoms with Crippen molar-refractivity contribution in [3.05, 3.63) is 0 Å². The predicted octanol–water partition coefficient (Wildman–Crippen LogP) is 4.67. The van der Waals surface area contributed by atoms with Crippen LogP contribution in [0.25, 0.3) is 0 Å². The van der Waals surface area contributed by atoms with Crippen molar-refractivity contribution < 1.29 is 0 Å². The first-order valence-corrected chi connectivity index (χ1v) is 10.5. The van der Waals surface area contributed by atoms with Crippen LogP contribution in [0.5, 0.6) is 0 Å². The monoisotopic (exact) mass is 314 g/mol. The number of nitrogens with two attached hydrogens (primary N) is 1. The Bertz CT molecular complexity index is 246. The minimum absolute atomic E-state index is 0.244. The maximum atomic E-state index is 6.31. The Labute approximate surface area is 137 Å². The fraction of sp³-hybridized carbons (Fsp3) is 1.00. The van der Waals surface area contributed by atoms with Crippen LogP contribution in [0.3, 0.4) is 0 Å². The Hall–Kier alpha value is 0.270. The van der Waals surface area contributed by atoms with Gasteiger partial charge in [0.2, 0.25) is 0 Å². The van der Waals surface area contributed by atoms with Crippen LogP contribution >= 0.6 is 11.8 Å². The predicted molar refractivity (Wildman–Crippen MR) is 98.2 cm³/mol. The van der Waals surface area contributed by atoms with E-state index in [2.05, 4.69) is 25.1 Å². The molecule has 0 saturated heterocycles. The third-order valence-corrected chi connectivity index (χ3v) is 6.30. The normalized spacial score (nSPS) is 23.3. The molecule has 0 spiro atoms. The minimum Gasteiger partial charge on any atom is -0.329 e. The highest BCUT2D eigenvalue weighted by Crippen LogP contribution is 2.30. The maximum Gasteiger partial charge on any atom is 0.0331 e. The van der Waals surface area contributed by atoms with E-state index in [-0.39, 0.29) is 5.54 Å². The molecule has 3 heteroatoms. The van der Waals surface area contributed by atoms with E-state index < -0.39 is 0 Å². The largest absolute Gasteiger partial charge is 0.329 e. The lowest BCUT2D eigenvalue weighted by Crippen LogP contribution is -2.56. The molecule has 2 nitrogen and oxygen atoms in total. The van der Waals surface area contributed by atoms with Gasteiger partial charge in [-0.1, -0.05) is 57.8 Å². The summed E-state index contributed by atoms with van der Waals surface area (Å²) in [6, 6.07) is 0.622. The van der Waals surface area contributed by atoms with Crippen molar-refractivity contribution >= 4 is 11.8 Å². The second-order valence-electron chi connectivity index (χ2n) is 7.03. The zero-order valence-corrected chi connectivity index (χ0v) is 15.5. The highest BCUT2D eigenvalue weighted by atomic mass is 32.2. The van der Waals surface area contributed by atoms with Gasteiger partial charge in [-0.2, -0.15) is 11.8 Å². The Morgan fingerprint density at radius 1 is 0.952 bits per heavy atom. The summed E-state index contributed by atoms with van der Waals surface area (Å²) >= 11 is 1.95. The van der Waals surface area contributed by atoms with Gasteiger partial charge in [-0.15, -0.1) is 0 Å². The molecule has 126 valence electrons. The third-order valence-electron chi connectivity index (χ3n) is 5.48. The molecule has 1 fully saturated rings. The second-order valence-corrected chi connectivity index (χ2v) is 7.94. The van der Waals surface area contributed by atoms with Gasteiger partial charge in [0.1, 0.15) is 0 Å². The van der Waals surface area contributed by atoms with Gasteiger partial charge in [0, 0.05) is 23.9 Å². The zero-order valence-electron chi connectivity index (χ0n) is 14.7. The molecule has 21 heavy (non-hydrogen) atoms. The molecule has 1 unspecified atom stereocenters. The quantitative estimate of drug-likeness (QED) is 0.799. The molecule has 0 bridgehead atoms. The highest BCUT2D eigenvalue weighted by molar-refractivity contribution is 7.98. The average molecular weight is 315 g/mol. The lowest BCUT2D eigenvalue weighted by atomic mass is 9.83. The van der Waals surface area contributed by atoms with Gasteiger partial charge in [-0.3, -0.25) is 4.90 Å². The Balaban J connectivity index is 2.69. The van der Waals surface area contributed by atoms with Crippen LogP contribution in [0.2, 0.25) is 0 Å². The van der Waals surface area contributed by atoms with Gasteiger partial charge in [-0.05, 0) is 33.1 Å². The molecule has 0 aromatic rings. The minimum atomic E-state index is 0.244. The number of rotatable bonds is 5. The van der Waals surface area contributed by atoms with Crippen molar-refractivity contribution in [2.75, 3.05) is 25.6 Å². The Morgan fingerprint density at radius 2 is 1.38 bits per heavy atom. The summed E-state index contributed by atoms with van der Waals surface area (Å²) in [5.41, 5.74) is 6.55. The number of nitrogens with zero attached hydrogens (tertiary/aromatic N) is 1. The third kappa shape index (κ3) is 6.50. The SMILES string of the molecule is CSCC(C)N(C)C1(CN)CCCCCCCCCCC1. The van der Waals surface area contributed by atoms with E-state index >= 15 is 0 Å². The van der Waals surface area contributed by atoms with Crippen molar-refractivity contribution in [2.24, 2.45) is 5.73 Å². The molecule has 0 aromatic carbocycles. The Morgan fingerprint density at radius 3 is 1.76 bits per heavy atom. The van der Waals surface area contributed by atoms with E-state index in [1.807, 2.05) is 11.8 Å². The topological polar surface area (TPSA) is 29.3 Å². The van der Waals surface area contributed by atoms with Gasteiger partial charge in [0.25, 0.3) is 0 Å². The van der Waals surface area contributed by atoms with Gasteiger partial charge in [0.05, 0.1) is 0 Å². The molecule has 2 N–H and O–H groups in total. The zero-order chi connectivity index (χ0) is 15.6. The summed E-state index contributed by atoms with van der Waals surface area (Å²) in [5.74, 6) is 1.21. The lowest BCUT2D eigenvalue weighted by Gasteiger charge is -2.45. The summed E-state index contributed by atoms with van der Waals surface area (Å²) in [6.45, 7) is 3.19. The number of likely N-dealkylation sites (N-methyl/N-ethyl adjacent to an activating group) is 1. The molecule has 0 radical (unpaired) electrons. The first-order chi connectivity index (χ1) is 10.2. The van der Waals surface area contributed by atoms with E-state index in [4.69, 9.17) is 5.73 Å². The van der Waals surface area contributed by atoms with Crippen molar-refractivity contribution in [2.45, 2.75) is 89.1 Å². The summed E-state index contributed by atoms with van der Waals surface area (Å²) in [7, 11) is 2.32. The fourth-order valence-electron chi connectivity index (χ4n) is 3.79. The molecule has 0 heterocycles. The van der Waals surface area contributed by atoms with Crippen LogP contribution in [0.1, 0.15) is 77.6 Å². The summed E-state index contributed by atoms with van der Waals surface area (Å²) in [5, 5.41) is 0. The first kappa shape index (κ1) is 19.3. The van der Waals surface area contributed by atoms with Crippen molar-refractivity contribution in [3.63, 3.8) is 0 Å². The van der Waals surface area contributed by atoms with Crippen molar-refractivity contribution in [3.8, 4) is 0 Å². The molecule has 1 saturated carbocycles. The smallest absolute Gasteiger partial charge is 0.0331 e. The number of hydrogen-bond donors (Lipinski definition) is 1. The van der Waals surface area contributed by atoms with E-state index in [9.17, 15) is 0 Å². The van der Waals surface area contributed by atoms with Crippen LogP contribution in [-0.2, 0) is 0 Å². The van der Waals surface area contributed by atoms with Gasteiger partial charge < -0.3 is 5.73 Å². The molecule has 0 aromatic heterocycles. The molecule has 1 aliphatic carbocycles. The van der Waals surface area contributed by atoms with Gasteiger partial charge in [-0.25, -0.2) is 0 Å². The van der Waals surface area contributed by atoms with E-state index in [0.717, 1.165) is 6.54 Å². The van der Waals surface area contributed by atoms with Crippen LogP contribution < -0.4 is 5.73 Å². The van der Waals surface area contributed by atoms with Crippen LogP contribution in [0.4, 0.5) is 0 Å². The van der Waals surface area contributed by atoms with Crippen LogP contribution in [0, 0.1) is 0 Å². The summed E-state index contributed by atoms with van der Waals surface area (Å²) in [4.78, 5) is 2.62. The molecule has 0 amide bonds. The van der Waals surface area contributed by atoms with Crippen molar-refractivity contribution in [1.82, 2.24) is 4.90 Å². The molecule has 1 aliphatic rings. The average Bonchev–Trinajstić information content (AvgIpc) is 2.48. The molecule has 1 atom stereocenters. The molecular weight excluding hydrogens is 276 g/mol. The molecule has 0 aliphatic heterocycles. The van der Waals surface area contributed by atoms with Gasteiger partial charge in [0.15, 0.2) is 0 Å². The van der Waals surface area contributed by atoms with E-state index in [1.165, 1.54) is 76.4 Å². The first-order valence-electron chi connectivity index (χ1n) is 9.08. The summed E-state index contributed by atoms with van der Waals surface area (Å²) < 4.78 is 0. The lowest BCUT2D eigenvalue weighted by molar-refractivity contribution is 0.0707. The fourth-order valence-corrected chi connectivity index (χ4v) is 4.50. The highest BCUT2D eigenvalue weighted by Gasteiger charge is 2.34. The van der Waals surface area contributed by atoms with Crippen molar-refractivity contribution in [1.29, 1.82) is 0 Å². The standard InChI is InChI=1S/C18H38N2S/c1-17(15-21-3)20(2)18(16-19)13-11-9-7-5-4-6-8-10-12-14-18/h17H,4-16,19H2,1-3H3. The maximum absolute atomic E-state index is 6.31. The molecular formula is C18H38N2S. The second kappa shape index (κ2) is 10.9. The van der Waals surface area contributed by atoms with Crippen LogP contribution in [-0.4, -0.2) is 42.1 Å². The Kier molecular flexibility index (Phi) is 10.0. The van der Waals surface area contributed by atoms with E-state index in [1.54, 1.807) is 0 Å². The van der Waals surface area contributed by atoms with Crippen LogP contribution in [0.15, 0.2) is 0 Å². The van der Waals surface area contributed by atoms with Gasteiger partial charge >= 0.3 is 0 Å². The number of hydrogen-bond acceptors (Lipinski definition) is 3. The summed E-state index contributed by atoms with van der Waals surface area (Å²) in [6.07, 6.45) is 17.5. The molecule has 1 rings (SSSR count).